The number of benzene rings is 3. The zero-order chi connectivity index (χ0) is 16.4. The minimum Gasteiger partial charge on any atom is -0.166 e. The van der Waals surface area contributed by atoms with Crippen LogP contribution in [0.15, 0.2) is 72.8 Å². The molecule has 0 bridgehead atoms. The first kappa shape index (κ1) is 15.3. The summed E-state index contributed by atoms with van der Waals surface area (Å²) in [6.45, 7) is 1.99. The molecule has 0 aliphatic heterocycles. The van der Waals surface area contributed by atoms with Crippen molar-refractivity contribution in [1.82, 2.24) is 0 Å². The van der Waals surface area contributed by atoms with Gasteiger partial charge in [-0.05, 0) is 41.3 Å². The van der Waals surface area contributed by atoms with Crippen molar-refractivity contribution in [2.45, 2.75) is 13.1 Å². The van der Waals surface area contributed by atoms with Crippen molar-refractivity contribution >= 4 is 0 Å². The fourth-order valence-electron chi connectivity index (χ4n) is 2.67. The first-order valence-electron chi connectivity index (χ1n) is 7.29. The summed E-state index contributed by atoms with van der Waals surface area (Å²) in [5.41, 5.74) is 3.18. The molecule has 0 aliphatic rings. The third-order valence-electron chi connectivity index (χ3n) is 3.76. The topological polar surface area (TPSA) is 0 Å². The smallest absolute Gasteiger partial charge is 0.166 e. The Bertz CT molecular complexity index is 832. The molecule has 116 valence electrons. The molecule has 0 spiro atoms. The molecule has 0 atom stereocenters. The van der Waals surface area contributed by atoms with E-state index < -0.39 is 11.7 Å². The predicted octanol–water partition coefficient (Wildman–Crippen LogP) is 6.35. The molecule has 3 rings (SSSR count). The van der Waals surface area contributed by atoms with E-state index in [1.54, 1.807) is 24.3 Å². The van der Waals surface area contributed by atoms with Gasteiger partial charge in [0, 0.05) is 0 Å². The SMILES string of the molecule is Cc1cccc(-c2cccc(-c3ccccc3C(F)(F)F)c2)c1. The zero-order valence-electron chi connectivity index (χ0n) is 12.6. The minimum absolute atomic E-state index is 0.203. The van der Waals surface area contributed by atoms with Crippen molar-refractivity contribution in [2.75, 3.05) is 0 Å². The Labute approximate surface area is 133 Å². The summed E-state index contributed by atoms with van der Waals surface area (Å²) in [6, 6.07) is 20.8. The van der Waals surface area contributed by atoms with E-state index in [0.717, 1.165) is 22.8 Å². The number of hydrogen-bond donors (Lipinski definition) is 0. The highest BCUT2D eigenvalue weighted by Gasteiger charge is 2.33. The summed E-state index contributed by atoms with van der Waals surface area (Å²) in [6.07, 6.45) is -4.37. The third kappa shape index (κ3) is 3.29. The molecule has 0 N–H and O–H groups in total. The van der Waals surface area contributed by atoms with Gasteiger partial charge in [-0.3, -0.25) is 0 Å². The molecule has 23 heavy (non-hydrogen) atoms. The van der Waals surface area contributed by atoms with Gasteiger partial charge in [0.2, 0.25) is 0 Å². The van der Waals surface area contributed by atoms with Gasteiger partial charge in [-0.15, -0.1) is 0 Å². The van der Waals surface area contributed by atoms with Gasteiger partial charge in [0.15, 0.2) is 0 Å². The van der Waals surface area contributed by atoms with E-state index in [1.807, 2.05) is 37.3 Å². The molecule has 0 aliphatic carbocycles. The standard InChI is InChI=1S/C20H15F3/c1-14-6-4-7-15(12-14)16-8-5-9-17(13-16)18-10-2-3-11-19(18)20(21,22)23/h2-13H,1H3. The molecule has 0 aromatic heterocycles. The summed E-state index contributed by atoms with van der Waals surface area (Å²) in [5.74, 6) is 0. The van der Waals surface area contributed by atoms with Crippen LogP contribution in [0.1, 0.15) is 11.1 Å². The largest absolute Gasteiger partial charge is 0.417 e. The van der Waals surface area contributed by atoms with Crippen LogP contribution in [0.5, 0.6) is 0 Å². The van der Waals surface area contributed by atoms with Gasteiger partial charge < -0.3 is 0 Å². The molecule has 3 aromatic rings. The normalized spacial score (nSPS) is 11.5. The first-order chi connectivity index (χ1) is 10.9. The van der Waals surface area contributed by atoms with E-state index in [1.165, 1.54) is 12.1 Å². The molecular weight excluding hydrogens is 297 g/mol. The second-order valence-electron chi connectivity index (χ2n) is 5.49. The molecule has 0 nitrogen and oxygen atoms in total. The van der Waals surface area contributed by atoms with Crippen molar-refractivity contribution in [1.29, 1.82) is 0 Å². The Morgan fingerprint density at radius 3 is 1.96 bits per heavy atom. The maximum absolute atomic E-state index is 13.2. The molecule has 0 amide bonds. The van der Waals surface area contributed by atoms with Crippen LogP contribution < -0.4 is 0 Å². The molecule has 0 saturated heterocycles. The third-order valence-corrected chi connectivity index (χ3v) is 3.76. The highest BCUT2D eigenvalue weighted by molar-refractivity contribution is 5.75. The van der Waals surface area contributed by atoms with Crippen LogP contribution in [0.25, 0.3) is 22.3 Å². The lowest BCUT2D eigenvalue weighted by molar-refractivity contribution is -0.137. The van der Waals surface area contributed by atoms with Crippen molar-refractivity contribution in [3.8, 4) is 22.3 Å². The lowest BCUT2D eigenvalue weighted by Crippen LogP contribution is -2.06. The van der Waals surface area contributed by atoms with E-state index in [9.17, 15) is 13.2 Å². The summed E-state index contributed by atoms with van der Waals surface area (Å²) >= 11 is 0. The van der Waals surface area contributed by atoms with Crippen LogP contribution in [-0.4, -0.2) is 0 Å². The van der Waals surface area contributed by atoms with Crippen LogP contribution in [0.4, 0.5) is 13.2 Å². The van der Waals surface area contributed by atoms with E-state index in [4.69, 9.17) is 0 Å². The number of hydrogen-bond acceptors (Lipinski definition) is 0. The lowest BCUT2D eigenvalue weighted by atomic mass is 9.95. The molecule has 0 unspecified atom stereocenters. The number of halogens is 3. The van der Waals surface area contributed by atoms with Gasteiger partial charge in [0.1, 0.15) is 0 Å². The molecule has 0 fully saturated rings. The average molecular weight is 312 g/mol. The lowest BCUT2D eigenvalue weighted by Gasteiger charge is -2.13. The van der Waals surface area contributed by atoms with E-state index in [-0.39, 0.29) is 5.56 Å². The van der Waals surface area contributed by atoms with Gasteiger partial charge in [-0.1, -0.05) is 66.2 Å². The predicted molar refractivity (Wildman–Crippen MR) is 87.1 cm³/mol. The number of alkyl halides is 3. The highest BCUT2D eigenvalue weighted by Crippen LogP contribution is 2.37. The summed E-state index contributed by atoms with van der Waals surface area (Å²) in [5, 5.41) is 0. The van der Waals surface area contributed by atoms with Crippen LogP contribution >= 0.6 is 0 Å². The van der Waals surface area contributed by atoms with Gasteiger partial charge in [0.05, 0.1) is 5.56 Å². The number of rotatable bonds is 2. The summed E-state index contributed by atoms with van der Waals surface area (Å²) in [4.78, 5) is 0. The molecule has 3 heteroatoms. The van der Waals surface area contributed by atoms with Crippen LogP contribution in [0.2, 0.25) is 0 Å². The molecule has 0 saturated carbocycles. The highest BCUT2D eigenvalue weighted by atomic mass is 19.4. The summed E-state index contributed by atoms with van der Waals surface area (Å²) in [7, 11) is 0. The molecular formula is C20H15F3. The van der Waals surface area contributed by atoms with Crippen LogP contribution in [-0.2, 0) is 6.18 Å². The average Bonchev–Trinajstić information content (AvgIpc) is 2.54. The molecule has 0 radical (unpaired) electrons. The Kier molecular flexibility index (Phi) is 3.95. The van der Waals surface area contributed by atoms with Gasteiger partial charge >= 0.3 is 6.18 Å². The first-order valence-corrected chi connectivity index (χ1v) is 7.29. The summed E-state index contributed by atoms with van der Waals surface area (Å²) < 4.78 is 39.6. The number of aryl methyl sites for hydroxylation is 1. The van der Waals surface area contributed by atoms with E-state index >= 15 is 0 Å². The molecule has 0 heterocycles. The fourth-order valence-corrected chi connectivity index (χ4v) is 2.67. The van der Waals surface area contributed by atoms with Crippen molar-refractivity contribution in [2.24, 2.45) is 0 Å². The Hall–Kier alpha value is -2.55. The van der Waals surface area contributed by atoms with E-state index in [0.29, 0.717) is 5.56 Å². The van der Waals surface area contributed by atoms with Crippen LogP contribution in [0, 0.1) is 6.92 Å². The van der Waals surface area contributed by atoms with Crippen molar-refractivity contribution in [3.05, 3.63) is 83.9 Å². The fraction of sp³-hybridized carbons (Fsp3) is 0.100. The Morgan fingerprint density at radius 2 is 1.26 bits per heavy atom. The monoisotopic (exact) mass is 312 g/mol. The van der Waals surface area contributed by atoms with Gasteiger partial charge in [-0.25, -0.2) is 0 Å². The minimum atomic E-state index is -4.37. The Balaban J connectivity index is 2.12. The second kappa shape index (κ2) is 5.92. The zero-order valence-corrected chi connectivity index (χ0v) is 12.6. The van der Waals surface area contributed by atoms with E-state index in [2.05, 4.69) is 0 Å². The molecule has 3 aromatic carbocycles. The maximum Gasteiger partial charge on any atom is 0.417 e. The maximum atomic E-state index is 13.2. The second-order valence-corrected chi connectivity index (χ2v) is 5.49. The van der Waals surface area contributed by atoms with Gasteiger partial charge in [0.25, 0.3) is 0 Å². The van der Waals surface area contributed by atoms with Crippen molar-refractivity contribution in [3.63, 3.8) is 0 Å². The quantitative estimate of drug-likeness (QED) is 0.517. The van der Waals surface area contributed by atoms with Gasteiger partial charge in [-0.2, -0.15) is 13.2 Å². The van der Waals surface area contributed by atoms with Crippen LogP contribution in [0.3, 0.4) is 0 Å². The van der Waals surface area contributed by atoms with Crippen molar-refractivity contribution < 1.29 is 13.2 Å². The Morgan fingerprint density at radius 1 is 0.652 bits per heavy atom.